The fraction of sp³-hybridized carbons (Fsp3) is 0.150. The predicted octanol–water partition coefficient (Wildman–Crippen LogP) is 4.31. The van der Waals surface area contributed by atoms with E-state index < -0.39 is 23.1 Å². The van der Waals surface area contributed by atoms with Gasteiger partial charge in [0.05, 0.1) is 6.54 Å². The van der Waals surface area contributed by atoms with Crippen LogP contribution in [-0.2, 0) is 6.54 Å². The zero-order valence-electron chi connectivity index (χ0n) is 15.0. The first-order valence-corrected chi connectivity index (χ1v) is 8.49. The molecule has 8 heteroatoms. The minimum absolute atomic E-state index is 0.0793. The van der Waals surface area contributed by atoms with Crippen LogP contribution in [0.25, 0.3) is 22.4 Å². The quantitative estimate of drug-likeness (QED) is 0.568. The van der Waals surface area contributed by atoms with Gasteiger partial charge in [-0.05, 0) is 37.6 Å². The van der Waals surface area contributed by atoms with Gasteiger partial charge < -0.3 is 14.3 Å². The molecule has 0 aliphatic heterocycles. The third kappa shape index (κ3) is 3.13. The van der Waals surface area contributed by atoms with Crippen LogP contribution in [0.5, 0.6) is 0 Å². The van der Waals surface area contributed by atoms with Gasteiger partial charge in [-0.2, -0.15) is 4.98 Å². The van der Waals surface area contributed by atoms with Gasteiger partial charge in [-0.1, -0.05) is 23.4 Å². The van der Waals surface area contributed by atoms with Gasteiger partial charge in [0.1, 0.15) is 22.8 Å². The van der Waals surface area contributed by atoms with Gasteiger partial charge in [-0.15, -0.1) is 0 Å². The molecule has 142 valence electrons. The highest BCUT2D eigenvalue weighted by Gasteiger charge is 2.20. The highest BCUT2D eigenvalue weighted by molar-refractivity contribution is 5.98. The van der Waals surface area contributed by atoms with Gasteiger partial charge in [-0.25, -0.2) is 8.78 Å². The second-order valence-electron chi connectivity index (χ2n) is 6.35. The second kappa shape index (κ2) is 6.88. The lowest BCUT2D eigenvalue weighted by molar-refractivity contribution is 0.0923. The summed E-state index contributed by atoms with van der Waals surface area (Å²) >= 11 is 0. The van der Waals surface area contributed by atoms with Crippen molar-refractivity contribution in [2.24, 2.45) is 0 Å². The Hall–Kier alpha value is -3.55. The molecule has 0 atom stereocenters. The predicted molar refractivity (Wildman–Crippen MR) is 96.5 cm³/mol. The smallest absolute Gasteiger partial charge is 0.287 e. The van der Waals surface area contributed by atoms with Crippen molar-refractivity contribution < 1.29 is 22.5 Å². The molecule has 4 aromatic rings. The van der Waals surface area contributed by atoms with E-state index in [0.717, 1.165) is 28.6 Å². The number of hydrogen-bond donors (Lipinski definition) is 1. The molecule has 0 fully saturated rings. The second-order valence-corrected chi connectivity index (χ2v) is 6.35. The maximum absolute atomic E-state index is 13.8. The van der Waals surface area contributed by atoms with Crippen molar-refractivity contribution in [2.75, 3.05) is 0 Å². The first kappa shape index (κ1) is 17.8. The molecule has 4 rings (SSSR count). The number of carbonyl (C=O) groups excluding carboxylic acids is 1. The Labute approximate surface area is 158 Å². The number of furan rings is 1. The van der Waals surface area contributed by atoms with Crippen LogP contribution >= 0.6 is 0 Å². The van der Waals surface area contributed by atoms with E-state index in [9.17, 15) is 13.6 Å². The van der Waals surface area contributed by atoms with E-state index in [0.29, 0.717) is 5.58 Å². The maximum atomic E-state index is 13.8. The molecule has 0 spiro atoms. The number of fused-ring (bicyclic) bond motifs is 1. The number of nitrogens with one attached hydrogen (secondary N) is 1. The van der Waals surface area contributed by atoms with Crippen LogP contribution in [-0.4, -0.2) is 16.0 Å². The molecule has 0 saturated heterocycles. The molecule has 2 aromatic carbocycles. The van der Waals surface area contributed by atoms with Crippen molar-refractivity contribution in [1.82, 2.24) is 15.5 Å². The molecule has 2 heterocycles. The Morgan fingerprint density at radius 1 is 1.14 bits per heavy atom. The first-order valence-electron chi connectivity index (χ1n) is 8.49. The molecule has 1 amide bonds. The van der Waals surface area contributed by atoms with Crippen LogP contribution in [0.1, 0.15) is 27.5 Å². The number of rotatable bonds is 4. The Bertz CT molecular complexity index is 1180. The van der Waals surface area contributed by atoms with Gasteiger partial charge in [0.25, 0.3) is 11.8 Å². The number of amides is 1. The van der Waals surface area contributed by atoms with E-state index in [-0.39, 0.29) is 24.0 Å². The molecule has 0 aliphatic carbocycles. The monoisotopic (exact) mass is 383 g/mol. The van der Waals surface area contributed by atoms with Gasteiger partial charge in [-0.3, -0.25) is 4.79 Å². The van der Waals surface area contributed by atoms with Crippen LogP contribution in [0.3, 0.4) is 0 Å². The summed E-state index contributed by atoms with van der Waals surface area (Å²) in [5.74, 6) is -2.11. The minimum Gasteiger partial charge on any atom is -0.451 e. The molecule has 1 N–H and O–H groups in total. The molecule has 0 radical (unpaired) electrons. The number of aryl methyl sites for hydroxylation is 2. The van der Waals surface area contributed by atoms with Crippen molar-refractivity contribution in [1.29, 1.82) is 0 Å². The third-order valence-electron chi connectivity index (χ3n) is 4.35. The SMILES string of the molecule is Cc1ccc2c(C)c(C(=O)NCc3noc(-c4c(F)cccc4F)n3)oc2c1. The molecule has 6 nitrogen and oxygen atoms in total. The number of nitrogens with zero attached hydrogens (tertiary/aromatic N) is 2. The Morgan fingerprint density at radius 2 is 1.89 bits per heavy atom. The highest BCUT2D eigenvalue weighted by Crippen LogP contribution is 2.26. The van der Waals surface area contributed by atoms with E-state index >= 15 is 0 Å². The van der Waals surface area contributed by atoms with Gasteiger partial charge in [0.2, 0.25) is 0 Å². The molecular weight excluding hydrogens is 368 g/mol. The number of carbonyl (C=O) groups is 1. The summed E-state index contributed by atoms with van der Waals surface area (Å²) in [6, 6.07) is 9.12. The van der Waals surface area contributed by atoms with Gasteiger partial charge in [0.15, 0.2) is 11.6 Å². The lowest BCUT2D eigenvalue weighted by Gasteiger charge is -2.00. The van der Waals surface area contributed by atoms with Crippen LogP contribution in [0, 0.1) is 25.5 Å². The molecule has 28 heavy (non-hydrogen) atoms. The summed E-state index contributed by atoms with van der Waals surface area (Å²) in [4.78, 5) is 16.4. The highest BCUT2D eigenvalue weighted by atomic mass is 19.1. The van der Waals surface area contributed by atoms with Crippen molar-refractivity contribution in [2.45, 2.75) is 20.4 Å². The molecule has 0 bridgehead atoms. The Kier molecular flexibility index (Phi) is 4.38. The average Bonchev–Trinajstić information content (AvgIpc) is 3.24. The fourth-order valence-corrected chi connectivity index (χ4v) is 2.92. The standard InChI is InChI=1S/C20H15F2N3O3/c1-10-6-7-12-11(2)18(27-15(12)8-10)19(26)23-9-16-24-20(28-25-16)17-13(21)4-3-5-14(17)22/h3-8H,9H2,1-2H3,(H,23,26). The maximum Gasteiger partial charge on any atom is 0.287 e. The van der Waals surface area contributed by atoms with Crippen LogP contribution in [0.4, 0.5) is 8.78 Å². The number of benzene rings is 2. The lowest BCUT2D eigenvalue weighted by Crippen LogP contribution is -2.23. The zero-order chi connectivity index (χ0) is 19.8. The largest absolute Gasteiger partial charge is 0.451 e. The fourth-order valence-electron chi connectivity index (χ4n) is 2.92. The Morgan fingerprint density at radius 3 is 2.64 bits per heavy atom. The van der Waals surface area contributed by atoms with Crippen molar-refractivity contribution in [3.8, 4) is 11.5 Å². The Balaban J connectivity index is 1.52. The summed E-state index contributed by atoms with van der Waals surface area (Å²) in [6.07, 6.45) is 0. The molecule has 0 aliphatic rings. The zero-order valence-corrected chi connectivity index (χ0v) is 15.0. The van der Waals surface area contributed by atoms with Gasteiger partial charge >= 0.3 is 0 Å². The number of hydrogen-bond acceptors (Lipinski definition) is 5. The van der Waals surface area contributed by atoms with Gasteiger partial charge in [0, 0.05) is 10.9 Å². The topological polar surface area (TPSA) is 81.2 Å². The number of aromatic nitrogens is 2. The summed E-state index contributed by atoms with van der Waals surface area (Å²) in [6.45, 7) is 3.64. The van der Waals surface area contributed by atoms with E-state index in [1.165, 1.54) is 6.07 Å². The first-order chi connectivity index (χ1) is 13.4. The van der Waals surface area contributed by atoms with Crippen molar-refractivity contribution in [3.05, 3.63) is 70.7 Å². The van der Waals surface area contributed by atoms with E-state index in [2.05, 4.69) is 15.5 Å². The normalized spacial score (nSPS) is 11.1. The minimum atomic E-state index is -0.813. The summed E-state index contributed by atoms with van der Waals surface area (Å²) in [7, 11) is 0. The molecule has 0 saturated carbocycles. The molecule has 2 aromatic heterocycles. The van der Waals surface area contributed by atoms with Crippen LogP contribution in [0.15, 0.2) is 45.3 Å². The van der Waals surface area contributed by atoms with E-state index in [4.69, 9.17) is 8.94 Å². The van der Waals surface area contributed by atoms with E-state index in [1.54, 1.807) is 6.92 Å². The molecular formula is C20H15F2N3O3. The van der Waals surface area contributed by atoms with Crippen LogP contribution < -0.4 is 5.32 Å². The molecule has 0 unspecified atom stereocenters. The van der Waals surface area contributed by atoms with E-state index in [1.807, 2.05) is 25.1 Å². The summed E-state index contributed by atoms with van der Waals surface area (Å²) < 4.78 is 38.2. The summed E-state index contributed by atoms with van der Waals surface area (Å²) in [5, 5.41) is 7.13. The lowest BCUT2D eigenvalue weighted by atomic mass is 10.1. The average molecular weight is 383 g/mol. The number of halogens is 2. The van der Waals surface area contributed by atoms with Crippen molar-refractivity contribution >= 4 is 16.9 Å². The summed E-state index contributed by atoms with van der Waals surface area (Å²) in [5.41, 5.74) is 1.96. The van der Waals surface area contributed by atoms with Crippen LogP contribution in [0.2, 0.25) is 0 Å². The third-order valence-corrected chi connectivity index (χ3v) is 4.35. The van der Waals surface area contributed by atoms with Crippen molar-refractivity contribution in [3.63, 3.8) is 0 Å².